The minimum atomic E-state index is 0.572. The third-order valence-corrected chi connectivity index (χ3v) is 3.31. The van der Waals surface area contributed by atoms with E-state index in [-0.39, 0.29) is 0 Å². The number of hydrogen-bond donors (Lipinski definition) is 1. The molecule has 0 aliphatic carbocycles. The lowest BCUT2D eigenvalue weighted by Crippen LogP contribution is -2.39. The number of nitrogens with two attached hydrogens (primary N) is 1. The fourth-order valence-electron chi connectivity index (χ4n) is 2.75. The van der Waals surface area contributed by atoms with Crippen molar-refractivity contribution in [2.45, 2.75) is 26.8 Å². The monoisotopic (exact) mass is 219 g/mol. The number of nitrogens with zero attached hydrogens (tertiary/aromatic N) is 2. The van der Waals surface area contributed by atoms with Gasteiger partial charge in [0.1, 0.15) is 0 Å². The van der Waals surface area contributed by atoms with E-state index in [2.05, 4.69) is 29.8 Å². The van der Waals surface area contributed by atoms with Gasteiger partial charge in [0.05, 0.1) is 0 Å². The van der Waals surface area contributed by atoms with E-state index >= 15 is 0 Å². The molecule has 0 saturated carbocycles. The van der Waals surface area contributed by atoms with E-state index in [1.807, 2.05) is 12.4 Å². The SMILES string of the molecule is CC1CC(C)CN(c2ccncc2CN)C1. The molecule has 88 valence electrons. The molecule has 2 rings (SSSR count). The van der Waals surface area contributed by atoms with Crippen LogP contribution >= 0.6 is 0 Å². The van der Waals surface area contributed by atoms with Crippen LogP contribution < -0.4 is 10.6 Å². The van der Waals surface area contributed by atoms with Gasteiger partial charge in [0, 0.05) is 43.3 Å². The van der Waals surface area contributed by atoms with Crippen LogP contribution in [0.2, 0.25) is 0 Å². The average Bonchev–Trinajstić information content (AvgIpc) is 2.27. The molecule has 1 aliphatic rings. The Labute approximate surface area is 97.7 Å². The number of piperidine rings is 1. The number of anilines is 1. The van der Waals surface area contributed by atoms with Crippen molar-refractivity contribution in [2.75, 3.05) is 18.0 Å². The van der Waals surface area contributed by atoms with E-state index in [4.69, 9.17) is 5.73 Å². The van der Waals surface area contributed by atoms with Crippen LogP contribution in [0, 0.1) is 11.8 Å². The van der Waals surface area contributed by atoms with Crippen LogP contribution in [0.1, 0.15) is 25.8 Å². The van der Waals surface area contributed by atoms with Crippen molar-refractivity contribution in [2.24, 2.45) is 17.6 Å². The maximum absolute atomic E-state index is 5.76. The highest BCUT2D eigenvalue weighted by Gasteiger charge is 2.23. The van der Waals surface area contributed by atoms with Gasteiger partial charge in [0.25, 0.3) is 0 Å². The minimum absolute atomic E-state index is 0.572. The van der Waals surface area contributed by atoms with Gasteiger partial charge < -0.3 is 10.6 Å². The molecule has 1 saturated heterocycles. The first-order valence-corrected chi connectivity index (χ1v) is 6.08. The van der Waals surface area contributed by atoms with E-state index in [9.17, 15) is 0 Å². The Morgan fingerprint density at radius 2 is 2.06 bits per heavy atom. The van der Waals surface area contributed by atoms with E-state index in [0.29, 0.717) is 6.54 Å². The summed E-state index contributed by atoms with van der Waals surface area (Å²) in [4.78, 5) is 6.60. The van der Waals surface area contributed by atoms with Crippen LogP contribution in [0.3, 0.4) is 0 Å². The van der Waals surface area contributed by atoms with Gasteiger partial charge in [-0.05, 0) is 24.3 Å². The Kier molecular flexibility index (Phi) is 3.44. The molecule has 3 heteroatoms. The lowest BCUT2D eigenvalue weighted by Gasteiger charge is -2.37. The van der Waals surface area contributed by atoms with Crippen LogP contribution in [-0.2, 0) is 6.54 Å². The summed E-state index contributed by atoms with van der Waals surface area (Å²) in [5.41, 5.74) is 8.19. The van der Waals surface area contributed by atoms with Crippen LogP contribution in [0.15, 0.2) is 18.5 Å². The molecule has 3 nitrogen and oxygen atoms in total. The Bertz CT molecular complexity index is 341. The lowest BCUT2D eigenvalue weighted by atomic mass is 9.91. The predicted octanol–water partition coefficient (Wildman–Crippen LogP) is 2.02. The number of pyridine rings is 1. The molecule has 0 aromatic carbocycles. The highest BCUT2D eigenvalue weighted by atomic mass is 15.1. The van der Waals surface area contributed by atoms with Gasteiger partial charge >= 0.3 is 0 Å². The van der Waals surface area contributed by atoms with Crippen LogP contribution in [0.25, 0.3) is 0 Å². The molecule has 2 heterocycles. The fourth-order valence-corrected chi connectivity index (χ4v) is 2.75. The second-order valence-electron chi connectivity index (χ2n) is 5.06. The normalized spacial score (nSPS) is 25.8. The van der Waals surface area contributed by atoms with Crippen molar-refractivity contribution in [1.29, 1.82) is 0 Å². The van der Waals surface area contributed by atoms with Crippen molar-refractivity contribution in [3.8, 4) is 0 Å². The molecule has 0 amide bonds. The molecular weight excluding hydrogens is 198 g/mol. The van der Waals surface area contributed by atoms with E-state index in [0.717, 1.165) is 30.5 Å². The smallest absolute Gasteiger partial charge is 0.0442 e. The summed E-state index contributed by atoms with van der Waals surface area (Å²) in [5, 5.41) is 0. The van der Waals surface area contributed by atoms with Gasteiger partial charge in [0.2, 0.25) is 0 Å². The largest absolute Gasteiger partial charge is 0.371 e. The summed E-state index contributed by atoms with van der Waals surface area (Å²) in [6.07, 6.45) is 5.08. The molecule has 1 fully saturated rings. The van der Waals surface area contributed by atoms with E-state index in [1.165, 1.54) is 12.1 Å². The van der Waals surface area contributed by atoms with Crippen LogP contribution in [0.5, 0.6) is 0 Å². The summed E-state index contributed by atoms with van der Waals surface area (Å²) in [6, 6.07) is 2.09. The van der Waals surface area contributed by atoms with Crippen molar-refractivity contribution < 1.29 is 0 Å². The fraction of sp³-hybridized carbons (Fsp3) is 0.615. The highest BCUT2D eigenvalue weighted by molar-refractivity contribution is 5.52. The molecular formula is C13H21N3. The molecule has 0 bridgehead atoms. The Morgan fingerprint density at radius 1 is 1.38 bits per heavy atom. The molecule has 16 heavy (non-hydrogen) atoms. The second kappa shape index (κ2) is 4.83. The molecule has 1 aromatic rings. The zero-order valence-electron chi connectivity index (χ0n) is 10.2. The van der Waals surface area contributed by atoms with Crippen molar-refractivity contribution in [3.63, 3.8) is 0 Å². The average molecular weight is 219 g/mol. The van der Waals surface area contributed by atoms with Crippen molar-refractivity contribution in [3.05, 3.63) is 24.0 Å². The number of rotatable bonds is 2. The molecule has 0 spiro atoms. The number of hydrogen-bond acceptors (Lipinski definition) is 3. The zero-order chi connectivity index (χ0) is 11.5. The molecule has 2 N–H and O–H groups in total. The van der Waals surface area contributed by atoms with Gasteiger partial charge in [-0.3, -0.25) is 4.98 Å². The summed E-state index contributed by atoms with van der Waals surface area (Å²) < 4.78 is 0. The molecule has 2 unspecified atom stereocenters. The van der Waals surface area contributed by atoms with E-state index in [1.54, 1.807) is 0 Å². The maximum atomic E-state index is 5.76. The van der Waals surface area contributed by atoms with E-state index < -0.39 is 0 Å². The van der Waals surface area contributed by atoms with Gasteiger partial charge in [0.15, 0.2) is 0 Å². The van der Waals surface area contributed by atoms with Crippen molar-refractivity contribution >= 4 is 5.69 Å². The second-order valence-corrected chi connectivity index (χ2v) is 5.06. The third kappa shape index (κ3) is 2.35. The van der Waals surface area contributed by atoms with Gasteiger partial charge in [-0.25, -0.2) is 0 Å². The molecule has 2 atom stereocenters. The van der Waals surface area contributed by atoms with Crippen LogP contribution in [0.4, 0.5) is 5.69 Å². The number of aromatic nitrogens is 1. The van der Waals surface area contributed by atoms with Gasteiger partial charge in [-0.1, -0.05) is 13.8 Å². The predicted molar refractivity (Wildman–Crippen MR) is 67.3 cm³/mol. The zero-order valence-corrected chi connectivity index (χ0v) is 10.2. The molecule has 0 radical (unpaired) electrons. The summed E-state index contributed by atoms with van der Waals surface area (Å²) >= 11 is 0. The van der Waals surface area contributed by atoms with Gasteiger partial charge in [-0.15, -0.1) is 0 Å². The molecule has 1 aliphatic heterocycles. The third-order valence-electron chi connectivity index (χ3n) is 3.31. The quantitative estimate of drug-likeness (QED) is 0.827. The Morgan fingerprint density at radius 3 is 2.69 bits per heavy atom. The summed E-state index contributed by atoms with van der Waals surface area (Å²) in [7, 11) is 0. The first-order valence-electron chi connectivity index (χ1n) is 6.08. The minimum Gasteiger partial charge on any atom is -0.371 e. The van der Waals surface area contributed by atoms with Gasteiger partial charge in [-0.2, -0.15) is 0 Å². The standard InChI is InChI=1S/C13H21N3/c1-10-5-11(2)9-16(8-10)13-3-4-15-7-12(13)6-14/h3-4,7,10-11H,5-6,8-9,14H2,1-2H3. The topological polar surface area (TPSA) is 42.2 Å². The first kappa shape index (κ1) is 11.4. The maximum Gasteiger partial charge on any atom is 0.0442 e. The summed E-state index contributed by atoms with van der Waals surface area (Å²) in [5.74, 6) is 1.53. The molecule has 1 aromatic heterocycles. The Hall–Kier alpha value is -1.09. The lowest BCUT2D eigenvalue weighted by molar-refractivity contribution is 0.356. The highest BCUT2D eigenvalue weighted by Crippen LogP contribution is 2.27. The first-order chi connectivity index (χ1) is 7.70. The van der Waals surface area contributed by atoms with Crippen LogP contribution in [-0.4, -0.2) is 18.1 Å². The van der Waals surface area contributed by atoms with Crippen molar-refractivity contribution in [1.82, 2.24) is 4.98 Å². The Balaban J connectivity index is 2.22. The summed E-state index contributed by atoms with van der Waals surface area (Å²) in [6.45, 7) is 7.50.